The number of hydrogen-bond acceptors (Lipinski definition) is 3. The summed E-state index contributed by atoms with van der Waals surface area (Å²) >= 11 is 0. The maximum atomic E-state index is 12.6. The molecule has 118 valence electrons. The summed E-state index contributed by atoms with van der Waals surface area (Å²) in [6, 6.07) is 7.65. The summed E-state index contributed by atoms with van der Waals surface area (Å²) in [6.07, 6.45) is 9.05. The standard InChI is InChI=1S/C17H22N2O3/c20-17(18-14-6-2-1-3-7-14)19(12-15-8-4-10-21-15)13-16-9-5-11-22-16/h4-5,8-11,14H,1-3,6-7,12-13H2,(H,18,20). The minimum atomic E-state index is -0.0558. The highest BCUT2D eigenvalue weighted by atomic mass is 16.3. The van der Waals surface area contributed by atoms with Crippen molar-refractivity contribution < 1.29 is 13.6 Å². The molecule has 3 rings (SSSR count). The van der Waals surface area contributed by atoms with Crippen molar-refractivity contribution in [1.82, 2.24) is 10.2 Å². The first kappa shape index (κ1) is 14.8. The highest BCUT2D eigenvalue weighted by molar-refractivity contribution is 5.74. The number of amides is 2. The first-order valence-corrected chi connectivity index (χ1v) is 7.91. The summed E-state index contributed by atoms with van der Waals surface area (Å²) in [5.41, 5.74) is 0. The molecule has 1 saturated carbocycles. The Hall–Kier alpha value is -2.17. The van der Waals surface area contributed by atoms with Gasteiger partial charge in [-0.15, -0.1) is 0 Å². The molecule has 2 heterocycles. The quantitative estimate of drug-likeness (QED) is 0.910. The van der Waals surface area contributed by atoms with Gasteiger partial charge in [-0.1, -0.05) is 19.3 Å². The van der Waals surface area contributed by atoms with Crippen molar-refractivity contribution >= 4 is 6.03 Å². The van der Waals surface area contributed by atoms with E-state index in [0.29, 0.717) is 13.1 Å². The summed E-state index contributed by atoms with van der Waals surface area (Å²) in [7, 11) is 0. The van der Waals surface area contributed by atoms with Gasteiger partial charge in [0.15, 0.2) is 0 Å². The average molecular weight is 302 g/mol. The third-order valence-electron chi connectivity index (χ3n) is 4.07. The maximum Gasteiger partial charge on any atom is 0.318 e. The molecule has 0 radical (unpaired) electrons. The van der Waals surface area contributed by atoms with E-state index in [1.807, 2.05) is 24.3 Å². The van der Waals surface area contributed by atoms with E-state index in [1.165, 1.54) is 19.3 Å². The zero-order valence-electron chi connectivity index (χ0n) is 12.7. The van der Waals surface area contributed by atoms with E-state index >= 15 is 0 Å². The van der Waals surface area contributed by atoms with Gasteiger partial charge in [0.1, 0.15) is 11.5 Å². The Morgan fingerprint density at radius 3 is 2.14 bits per heavy atom. The molecule has 1 fully saturated rings. The Labute approximate surface area is 130 Å². The molecule has 5 heteroatoms. The Bertz CT molecular complexity index is 521. The first-order valence-electron chi connectivity index (χ1n) is 7.91. The Balaban J connectivity index is 1.64. The number of carbonyl (C=O) groups excluding carboxylic acids is 1. The van der Waals surface area contributed by atoms with Gasteiger partial charge in [-0.05, 0) is 37.1 Å². The molecule has 0 spiro atoms. The topological polar surface area (TPSA) is 58.6 Å². The van der Waals surface area contributed by atoms with Gasteiger partial charge in [-0.25, -0.2) is 4.79 Å². The van der Waals surface area contributed by atoms with Gasteiger partial charge < -0.3 is 19.1 Å². The van der Waals surface area contributed by atoms with Crippen molar-refractivity contribution in [3.63, 3.8) is 0 Å². The molecule has 2 aromatic rings. The second-order valence-corrected chi connectivity index (χ2v) is 5.80. The monoisotopic (exact) mass is 302 g/mol. The highest BCUT2D eigenvalue weighted by Gasteiger charge is 2.21. The van der Waals surface area contributed by atoms with Crippen molar-refractivity contribution in [1.29, 1.82) is 0 Å². The lowest BCUT2D eigenvalue weighted by Gasteiger charge is -2.27. The number of nitrogens with one attached hydrogen (secondary N) is 1. The number of hydrogen-bond donors (Lipinski definition) is 1. The number of urea groups is 1. The van der Waals surface area contributed by atoms with Gasteiger partial charge in [-0.2, -0.15) is 0 Å². The lowest BCUT2D eigenvalue weighted by Crippen LogP contribution is -2.44. The number of furan rings is 2. The van der Waals surface area contributed by atoms with Crippen LogP contribution in [-0.2, 0) is 13.1 Å². The molecule has 0 unspecified atom stereocenters. The molecule has 0 bridgehead atoms. The second-order valence-electron chi connectivity index (χ2n) is 5.80. The largest absolute Gasteiger partial charge is 0.467 e. The molecule has 0 saturated heterocycles. The predicted octanol–water partition coefficient (Wildman–Crippen LogP) is 3.92. The zero-order chi connectivity index (χ0) is 15.2. The van der Waals surface area contributed by atoms with Crippen LogP contribution in [-0.4, -0.2) is 17.0 Å². The van der Waals surface area contributed by atoms with Gasteiger partial charge in [0.2, 0.25) is 0 Å². The summed E-state index contributed by atoms with van der Waals surface area (Å²) < 4.78 is 10.7. The van der Waals surface area contributed by atoms with Gasteiger partial charge >= 0.3 is 6.03 Å². The maximum absolute atomic E-state index is 12.6. The third-order valence-corrected chi connectivity index (χ3v) is 4.07. The molecule has 0 aromatic carbocycles. The van der Waals surface area contributed by atoms with Crippen LogP contribution in [0.3, 0.4) is 0 Å². The normalized spacial score (nSPS) is 15.6. The predicted molar refractivity (Wildman–Crippen MR) is 82.1 cm³/mol. The molecule has 22 heavy (non-hydrogen) atoms. The van der Waals surface area contributed by atoms with E-state index in [2.05, 4.69) is 5.32 Å². The summed E-state index contributed by atoms with van der Waals surface area (Å²) in [4.78, 5) is 14.3. The Kier molecular flexibility index (Phi) is 4.83. The van der Waals surface area contributed by atoms with E-state index in [9.17, 15) is 4.79 Å². The van der Waals surface area contributed by atoms with Gasteiger partial charge in [-0.3, -0.25) is 0 Å². The van der Waals surface area contributed by atoms with Crippen LogP contribution in [0.4, 0.5) is 4.79 Å². The molecule has 1 aliphatic rings. The molecule has 0 aliphatic heterocycles. The fourth-order valence-corrected chi connectivity index (χ4v) is 2.89. The zero-order valence-corrected chi connectivity index (χ0v) is 12.7. The Morgan fingerprint density at radius 1 is 1.05 bits per heavy atom. The molecule has 5 nitrogen and oxygen atoms in total. The summed E-state index contributed by atoms with van der Waals surface area (Å²) in [5, 5.41) is 3.15. The van der Waals surface area contributed by atoms with Crippen LogP contribution in [0, 0.1) is 0 Å². The number of carbonyl (C=O) groups is 1. The molecule has 1 N–H and O–H groups in total. The molecule has 2 amide bonds. The van der Waals surface area contributed by atoms with Crippen molar-refractivity contribution in [3.05, 3.63) is 48.3 Å². The lowest BCUT2D eigenvalue weighted by molar-refractivity contribution is 0.175. The summed E-state index contributed by atoms with van der Waals surface area (Å²) in [5.74, 6) is 1.54. The number of nitrogens with zero attached hydrogens (tertiary/aromatic N) is 1. The SMILES string of the molecule is O=C(NC1CCCCC1)N(Cc1ccco1)Cc1ccco1. The minimum Gasteiger partial charge on any atom is -0.467 e. The lowest BCUT2D eigenvalue weighted by atomic mass is 9.96. The number of rotatable bonds is 5. The van der Waals surface area contributed by atoms with Crippen LogP contribution in [0.5, 0.6) is 0 Å². The molecule has 1 aliphatic carbocycles. The van der Waals surface area contributed by atoms with Crippen molar-refractivity contribution in [2.75, 3.05) is 0 Å². The van der Waals surface area contributed by atoms with Crippen molar-refractivity contribution in [3.8, 4) is 0 Å². The van der Waals surface area contributed by atoms with E-state index in [4.69, 9.17) is 8.83 Å². The van der Waals surface area contributed by atoms with Crippen LogP contribution in [0.1, 0.15) is 43.6 Å². The van der Waals surface area contributed by atoms with Crippen molar-refractivity contribution in [2.45, 2.75) is 51.2 Å². The van der Waals surface area contributed by atoms with Crippen LogP contribution < -0.4 is 5.32 Å². The Morgan fingerprint density at radius 2 is 1.64 bits per heavy atom. The molecule has 2 aromatic heterocycles. The van der Waals surface area contributed by atoms with E-state index in [-0.39, 0.29) is 12.1 Å². The molecular weight excluding hydrogens is 280 g/mol. The summed E-state index contributed by atoms with van der Waals surface area (Å²) in [6.45, 7) is 0.874. The van der Waals surface area contributed by atoms with Gasteiger partial charge in [0.05, 0.1) is 25.6 Å². The minimum absolute atomic E-state index is 0.0558. The van der Waals surface area contributed by atoms with Crippen LogP contribution >= 0.6 is 0 Å². The van der Waals surface area contributed by atoms with E-state index in [0.717, 1.165) is 24.4 Å². The van der Waals surface area contributed by atoms with E-state index in [1.54, 1.807) is 17.4 Å². The first-order chi connectivity index (χ1) is 10.8. The fraction of sp³-hybridized carbons (Fsp3) is 0.471. The van der Waals surface area contributed by atoms with Crippen LogP contribution in [0.2, 0.25) is 0 Å². The second kappa shape index (κ2) is 7.20. The van der Waals surface area contributed by atoms with E-state index < -0.39 is 0 Å². The van der Waals surface area contributed by atoms with Crippen LogP contribution in [0.25, 0.3) is 0 Å². The molecule has 0 atom stereocenters. The highest BCUT2D eigenvalue weighted by Crippen LogP contribution is 2.18. The molecular formula is C17H22N2O3. The van der Waals surface area contributed by atoms with Gasteiger partial charge in [0, 0.05) is 6.04 Å². The smallest absolute Gasteiger partial charge is 0.318 e. The third kappa shape index (κ3) is 3.93. The van der Waals surface area contributed by atoms with Crippen LogP contribution in [0.15, 0.2) is 45.6 Å². The fourth-order valence-electron chi connectivity index (χ4n) is 2.89. The van der Waals surface area contributed by atoms with Crippen molar-refractivity contribution in [2.24, 2.45) is 0 Å². The van der Waals surface area contributed by atoms with Gasteiger partial charge in [0.25, 0.3) is 0 Å². The average Bonchev–Trinajstić information content (AvgIpc) is 3.21.